The van der Waals surface area contributed by atoms with Crippen molar-refractivity contribution in [1.29, 1.82) is 0 Å². The molecule has 1 aromatic carbocycles. The second-order valence-electron chi connectivity index (χ2n) is 5.07. The van der Waals surface area contributed by atoms with Gasteiger partial charge in [-0.15, -0.1) is 0 Å². The van der Waals surface area contributed by atoms with Gasteiger partial charge in [0.2, 0.25) is 5.91 Å². The molecule has 0 spiro atoms. The molecule has 18 heavy (non-hydrogen) atoms. The lowest BCUT2D eigenvalue weighted by Gasteiger charge is -2.12. The molecule has 0 saturated carbocycles. The van der Waals surface area contributed by atoms with Crippen LogP contribution in [0.5, 0.6) is 0 Å². The molecule has 0 saturated heterocycles. The van der Waals surface area contributed by atoms with Crippen molar-refractivity contribution in [2.45, 2.75) is 33.2 Å². The Morgan fingerprint density at radius 3 is 2.67 bits per heavy atom. The van der Waals surface area contributed by atoms with Gasteiger partial charge >= 0.3 is 0 Å². The number of carbonyl (C=O) groups is 1. The van der Waals surface area contributed by atoms with Crippen molar-refractivity contribution in [3.63, 3.8) is 0 Å². The van der Waals surface area contributed by atoms with Crippen LogP contribution in [0.4, 0.5) is 0 Å². The van der Waals surface area contributed by atoms with Crippen LogP contribution in [0.25, 0.3) is 11.0 Å². The Morgan fingerprint density at radius 2 is 2.00 bits per heavy atom. The van der Waals surface area contributed by atoms with Crippen molar-refractivity contribution in [3.8, 4) is 0 Å². The Balaban J connectivity index is 2.08. The van der Waals surface area contributed by atoms with Crippen LogP contribution in [0.15, 0.2) is 34.7 Å². The highest BCUT2D eigenvalue weighted by atomic mass is 16.3. The van der Waals surface area contributed by atoms with Gasteiger partial charge in [-0.1, -0.05) is 32.0 Å². The van der Waals surface area contributed by atoms with Gasteiger partial charge in [-0.3, -0.25) is 4.79 Å². The highest BCUT2D eigenvalue weighted by Gasteiger charge is 2.14. The summed E-state index contributed by atoms with van der Waals surface area (Å²) in [7, 11) is 0. The van der Waals surface area contributed by atoms with Gasteiger partial charge in [0.05, 0.1) is 6.04 Å². The first kappa shape index (κ1) is 12.7. The van der Waals surface area contributed by atoms with Crippen molar-refractivity contribution >= 4 is 16.9 Å². The highest BCUT2D eigenvalue weighted by Crippen LogP contribution is 2.23. The maximum absolute atomic E-state index is 11.7. The van der Waals surface area contributed by atoms with Crippen LogP contribution in [0.1, 0.15) is 39.0 Å². The molecule has 3 nitrogen and oxygen atoms in total. The Morgan fingerprint density at radius 1 is 1.28 bits per heavy atom. The molecule has 0 aliphatic heterocycles. The first-order valence-corrected chi connectivity index (χ1v) is 6.34. The van der Waals surface area contributed by atoms with Crippen LogP contribution in [0.2, 0.25) is 0 Å². The number of amides is 1. The molecule has 1 N–H and O–H groups in total. The largest absolute Gasteiger partial charge is 0.459 e. The number of rotatable bonds is 4. The van der Waals surface area contributed by atoms with Gasteiger partial charge in [-0.2, -0.15) is 0 Å². The summed E-state index contributed by atoms with van der Waals surface area (Å²) in [5.41, 5.74) is 0.859. The third-order valence-electron chi connectivity index (χ3n) is 2.84. The van der Waals surface area contributed by atoms with Gasteiger partial charge in [0, 0.05) is 11.8 Å². The molecule has 3 heteroatoms. The normalized spacial score (nSPS) is 12.9. The van der Waals surface area contributed by atoms with Crippen LogP contribution < -0.4 is 5.32 Å². The molecule has 0 bridgehead atoms. The Labute approximate surface area is 107 Å². The molecule has 0 radical (unpaired) electrons. The highest BCUT2D eigenvalue weighted by molar-refractivity contribution is 5.79. The van der Waals surface area contributed by atoms with E-state index in [-0.39, 0.29) is 11.9 Å². The van der Waals surface area contributed by atoms with E-state index in [2.05, 4.69) is 5.32 Å². The van der Waals surface area contributed by atoms with Crippen molar-refractivity contribution < 1.29 is 9.21 Å². The second kappa shape index (κ2) is 5.25. The van der Waals surface area contributed by atoms with Gasteiger partial charge in [0.15, 0.2) is 0 Å². The third-order valence-corrected chi connectivity index (χ3v) is 2.84. The molecular formula is C15H19NO2. The van der Waals surface area contributed by atoms with Crippen molar-refractivity contribution in [3.05, 3.63) is 36.1 Å². The lowest BCUT2D eigenvalue weighted by Crippen LogP contribution is -2.27. The van der Waals surface area contributed by atoms with E-state index in [9.17, 15) is 4.79 Å². The van der Waals surface area contributed by atoms with E-state index in [0.29, 0.717) is 12.3 Å². The van der Waals surface area contributed by atoms with Crippen LogP contribution in [-0.2, 0) is 4.79 Å². The first-order valence-electron chi connectivity index (χ1n) is 6.34. The van der Waals surface area contributed by atoms with Gasteiger partial charge < -0.3 is 9.73 Å². The maximum atomic E-state index is 11.7. The van der Waals surface area contributed by atoms with Crippen LogP contribution in [0, 0.1) is 5.92 Å². The maximum Gasteiger partial charge on any atom is 0.220 e. The Kier molecular flexibility index (Phi) is 3.70. The fourth-order valence-corrected chi connectivity index (χ4v) is 1.96. The fourth-order valence-electron chi connectivity index (χ4n) is 1.96. The lowest BCUT2D eigenvalue weighted by atomic mass is 10.1. The minimum Gasteiger partial charge on any atom is -0.459 e. The van der Waals surface area contributed by atoms with Crippen molar-refractivity contribution in [2.75, 3.05) is 0 Å². The Bertz CT molecular complexity index is 509. The van der Waals surface area contributed by atoms with E-state index in [0.717, 1.165) is 16.7 Å². The quantitative estimate of drug-likeness (QED) is 0.893. The summed E-state index contributed by atoms with van der Waals surface area (Å²) >= 11 is 0. The van der Waals surface area contributed by atoms with E-state index >= 15 is 0 Å². The van der Waals surface area contributed by atoms with Crippen molar-refractivity contribution in [2.24, 2.45) is 5.92 Å². The van der Waals surface area contributed by atoms with E-state index in [4.69, 9.17) is 4.42 Å². The second-order valence-corrected chi connectivity index (χ2v) is 5.07. The number of hydrogen-bond acceptors (Lipinski definition) is 2. The lowest BCUT2D eigenvalue weighted by molar-refractivity contribution is -0.122. The predicted molar refractivity (Wildman–Crippen MR) is 72.2 cm³/mol. The molecule has 96 valence electrons. The summed E-state index contributed by atoms with van der Waals surface area (Å²) < 4.78 is 5.72. The topological polar surface area (TPSA) is 42.2 Å². The van der Waals surface area contributed by atoms with E-state index in [1.807, 2.05) is 51.1 Å². The molecule has 1 heterocycles. The van der Waals surface area contributed by atoms with E-state index < -0.39 is 0 Å². The number of furan rings is 1. The zero-order valence-electron chi connectivity index (χ0n) is 11.1. The standard InChI is InChI=1S/C15H19NO2/c1-10(2)8-15(17)16-11(3)14-9-12-6-4-5-7-13(12)18-14/h4-7,9-11H,8H2,1-3H3,(H,16,17)/t11-/m0/s1. The van der Waals surface area contributed by atoms with Crippen LogP contribution in [-0.4, -0.2) is 5.91 Å². The molecule has 2 rings (SSSR count). The van der Waals surface area contributed by atoms with Crippen molar-refractivity contribution in [1.82, 2.24) is 5.32 Å². The number of para-hydroxylation sites is 1. The Hall–Kier alpha value is -1.77. The zero-order valence-corrected chi connectivity index (χ0v) is 11.1. The molecule has 2 aromatic rings. The summed E-state index contributed by atoms with van der Waals surface area (Å²) in [5.74, 6) is 1.24. The molecule has 1 atom stereocenters. The average Bonchev–Trinajstić information content (AvgIpc) is 2.71. The molecule has 1 aromatic heterocycles. The number of fused-ring (bicyclic) bond motifs is 1. The van der Waals surface area contributed by atoms with E-state index in [1.165, 1.54) is 0 Å². The molecule has 0 unspecified atom stereocenters. The third kappa shape index (κ3) is 2.92. The average molecular weight is 245 g/mol. The number of nitrogens with one attached hydrogen (secondary N) is 1. The van der Waals surface area contributed by atoms with Crippen LogP contribution >= 0.6 is 0 Å². The van der Waals surface area contributed by atoms with Gasteiger partial charge in [0.1, 0.15) is 11.3 Å². The van der Waals surface area contributed by atoms with E-state index in [1.54, 1.807) is 0 Å². The monoisotopic (exact) mass is 245 g/mol. The van der Waals surface area contributed by atoms with Crippen LogP contribution in [0.3, 0.4) is 0 Å². The summed E-state index contributed by atoms with van der Waals surface area (Å²) in [6.07, 6.45) is 0.546. The first-order chi connectivity index (χ1) is 8.56. The number of carbonyl (C=O) groups excluding carboxylic acids is 1. The summed E-state index contributed by atoms with van der Waals surface area (Å²) in [6, 6.07) is 9.74. The molecular weight excluding hydrogens is 226 g/mol. The van der Waals surface area contributed by atoms with Gasteiger partial charge in [0.25, 0.3) is 0 Å². The summed E-state index contributed by atoms with van der Waals surface area (Å²) in [6.45, 7) is 6.01. The zero-order chi connectivity index (χ0) is 13.1. The number of benzene rings is 1. The molecule has 0 fully saturated rings. The molecule has 0 aliphatic rings. The predicted octanol–water partition coefficient (Wildman–Crippen LogP) is 3.66. The van der Waals surface area contributed by atoms with Gasteiger partial charge in [-0.25, -0.2) is 0 Å². The number of hydrogen-bond donors (Lipinski definition) is 1. The minimum absolute atomic E-state index is 0.0676. The summed E-state index contributed by atoms with van der Waals surface area (Å²) in [4.78, 5) is 11.7. The minimum atomic E-state index is -0.0938. The fraction of sp³-hybridized carbons (Fsp3) is 0.400. The summed E-state index contributed by atoms with van der Waals surface area (Å²) in [5, 5.41) is 4.02. The molecule has 1 amide bonds. The van der Waals surface area contributed by atoms with Gasteiger partial charge in [-0.05, 0) is 25.0 Å². The SMILES string of the molecule is CC(C)CC(=O)N[C@@H](C)c1cc2ccccc2o1. The smallest absolute Gasteiger partial charge is 0.220 e. The molecule has 0 aliphatic carbocycles.